The predicted molar refractivity (Wildman–Crippen MR) is 76.8 cm³/mol. The van der Waals surface area contributed by atoms with Crippen LogP contribution >= 0.6 is 15.9 Å². The molecule has 0 atom stereocenters. The second-order valence-corrected chi connectivity index (χ2v) is 5.15. The molecule has 0 aliphatic carbocycles. The summed E-state index contributed by atoms with van der Waals surface area (Å²) in [5.41, 5.74) is 3.76. The van der Waals surface area contributed by atoms with E-state index in [9.17, 15) is 5.11 Å². The highest BCUT2D eigenvalue weighted by Gasteiger charge is 2.04. The first-order valence-electron chi connectivity index (χ1n) is 5.72. The lowest BCUT2D eigenvalue weighted by atomic mass is 10.2. The van der Waals surface area contributed by atoms with Crippen LogP contribution in [0.2, 0.25) is 0 Å². The van der Waals surface area contributed by atoms with Gasteiger partial charge in [0.05, 0.1) is 6.54 Å². The van der Waals surface area contributed by atoms with Crippen LogP contribution in [0.5, 0.6) is 5.75 Å². The lowest BCUT2D eigenvalue weighted by Crippen LogP contribution is -2.04. The molecule has 3 nitrogen and oxygen atoms in total. The van der Waals surface area contributed by atoms with Crippen LogP contribution in [0.1, 0.15) is 17.0 Å². The molecular weight excluding hydrogens is 292 g/mol. The number of aromatic nitrogens is 1. The molecule has 18 heavy (non-hydrogen) atoms. The minimum absolute atomic E-state index is 0.225. The maximum Gasteiger partial charge on any atom is 0.138 e. The van der Waals surface area contributed by atoms with Gasteiger partial charge in [-0.25, -0.2) is 0 Å². The van der Waals surface area contributed by atoms with Crippen molar-refractivity contribution < 1.29 is 5.11 Å². The third-order valence-electron chi connectivity index (χ3n) is 2.72. The number of nitrogens with zero attached hydrogens (tertiary/aromatic N) is 1. The Kier molecular flexibility index (Phi) is 3.87. The number of anilines is 1. The van der Waals surface area contributed by atoms with E-state index in [4.69, 9.17) is 0 Å². The van der Waals surface area contributed by atoms with Crippen LogP contribution in [0.4, 0.5) is 5.69 Å². The molecule has 1 aromatic heterocycles. The van der Waals surface area contributed by atoms with Gasteiger partial charge in [-0.1, -0.05) is 15.9 Å². The molecule has 4 heteroatoms. The van der Waals surface area contributed by atoms with Gasteiger partial charge in [0.25, 0.3) is 0 Å². The Morgan fingerprint density at radius 1 is 1.22 bits per heavy atom. The van der Waals surface area contributed by atoms with E-state index in [2.05, 4.69) is 26.2 Å². The topological polar surface area (TPSA) is 45.1 Å². The molecule has 2 rings (SSSR count). The van der Waals surface area contributed by atoms with E-state index in [-0.39, 0.29) is 5.75 Å². The SMILES string of the molecule is Cc1ccc(O)c(CNc2ccc(Br)cc2C)n1. The van der Waals surface area contributed by atoms with Gasteiger partial charge >= 0.3 is 0 Å². The molecule has 0 amide bonds. The minimum atomic E-state index is 0.225. The molecule has 0 spiro atoms. The third kappa shape index (κ3) is 3.01. The first-order valence-corrected chi connectivity index (χ1v) is 6.51. The molecule has 0 aliphatic heterocycles. The smallest absolute Gasteiger partial charge is 0.138 e. The van der Waals surface area contributed by atoms with Gasteiger partial charge in [0, 0.05) is 15.9 Å². The molecule has 94 valence electrons. The van der Waals surface area contributed by atoms with E-state index in [1.54, 1.807) is 12.1 Å². The Morgan fingerprint density at radius 2 is 2.00 bits per heavy atom. The van der Waals surface area contributed by atoms with Crippen molar-refractivity contribution in [3.63, 3.8) is 0 Å². The number of nitrogens with one attached hydrogen (secondary N) is 1. The fraction of sp³-hybridized carbons (Fsp3) is 0.214. The van der Waals surface area contributed by atoms with E-state index in [1.165, 1.54) is 0 Å². The number of hydrogen-bond donors (Lipinski definition) is 2. The summed E-state index contributed by atoms with van der Waals surface area (Å²) in [5.74, 6) is 0.225. The lowest BCUT2D eigenvalue weighted by Gasteiger charge is -2.10. The van der Waals surface area contributed by atoms with E-state index in [0.29, 0.717) is 12.2 Å². The van der Waals surface area contributed by atoms with Crippen molar-refractivity contribution in [1.29, 1.82) is 0 Å². The third-order valence-corrected chi connectivity index (χ3v) is 3.22. The van der Waals surface area contributed by atoms with E-state index in [1.807, 2.05) is 32.0 Å². The molecule has 2 aromatic rings. The maximum absolute atomic E-state index is 9.72. The van der Waals surface area contributed by atoms with E-state index >= 15 is 0 Å². The molecule has 0 radical (unpaired) electrons. The number of hydrogen-bond acceptors (Lipinski definition) is 3. The van der Waals surface area contributed by atoms with Crippen LogP contribution in [-0.4, -0.2) is 10.1 Å². The van der Waals surface area contributed by atoms with Crippen molar-refractivity contribution >= 4 is 21.6 Å². The average Bonchev–Trinajstić information content (AvgIpc) is 2.32. The maximum atomic E-state index is 9.72. The van der Waals surface area contributed by atoms with Crippen molar-refractivity contribution in [3.8, 4) is 5.75 Å². The van der Waals surface area contributed by atoms with Crippen molar-refractivity contribution in [3.05, 3.63) is 51.8 Å². The van der Waals surface area contributed by atoms with Crippen LogP contribution in [-0.2, 0) is 6.54 Å². The first-order chi connectivity index (χ1) is 8.56. The summed E-state index contributed by atoms with van der Waals surface area (Å²) >= 11 is 3.43. The molecule has 0 bridgehead atoms. The summed E-state index contributed by atoms with van der Waals surface area (Å²) in [7, 11) is 0. The summed E-state index contributed by atoms with van der Waals surface area (Å²) in [5, 5.41) is 13.0. The van der Waals surface area contributed by atoms with E-state index < -0.39 is 0 Å². The molecule has 2 N–H and O–H groups in total. The lowest BCUT2D eigenvalue weighted by molar-refractivity contribution is 0.464. The van der Waals surface area contributed by atoms with Gasteiger partial charge < -0.3 is 10.4 Å². The number of rotatable bonds is 3. The van der Waals surface area contributed by atoms with Crippen LogP contribution in [0.3, 0.4) is 0 Å². The Labute approximate surface area is 115 Å². The normalized spacial score (nSPS) is 10.4. The molecule has 0 saturated carbocycles. The predicted octanol–water partition coefficient (Wildman–Crippen LogP) is 3.78. The van der Waals surface area contributed by atoms with Gasteiger partial charge in [0.15, 0.2) is 0 Å². The Morgan fingerprint density at radius 3 is 2.72 bits per heavy atom. The number of aryl methyl sites for hydroxylation is 2. The fourth-order valence-electron chi connectivity index (χ4n) is 1.74. The monoisotopic (exact) mass is 306 g/mol. The Balaban J connectivity index is 2.13. The molecule has 0 fully saturated rings. The Hall–Kier alpha value is -1.55. The van der Waals surface area contributed by atoms with Crippen molar-refractivity contribution in [2.75, 3.05) is 5.32 Å². The minimum Gasteiger partial charge on any atom is -0.506 e. The largest absolute Gasteiger partial charge is 0.506 e. The summed E-state index contributed by atoms with van der Waals surface area (Å²) < 4.78 is 1.06. The first kappa shape index (κ1) is 12.9. The highest BCUT2D eigenvalue weighted by Crippen LogP contribution is 2.22. The van der Waals surface area contributed by atoms with Gasteiger partial charge in [-0.3, -0.25) is 4.98 Å². The zero-order valence-electron chi connectivity index (χ0n) is 10.4. The van der Waals surface area contributed by atoms with Crippen molar-refractivity contribution in [2.45, 2.75) is 20.4 Å². The second kappa shape index (κ2) is 5.40. The molecule has 0 aliphatic rings. The number of pyridine rings is 1. The van der Waals surface area contributed by atoms with Gasteiger partial charge in [-0.05, 0) is 49.7 Å². The molecule has 0 saturated heterocycles. The molecule has 1 heterocycles. The molecular formula is C14H15BrN2O. The summed E-state index contributed by atoms with van der Waals surface area (Å²) in [6.45, 7) is 4.46. The fourth-order valence-corrected chi connectivity index (χ4v) is 2.21. The van der Waals surface area contributed by atoms with Crippen LogP contribution in [0.25, 0.3) is 0 Å². The summed E-state index contributed by atoms with van der Waals surface area (Å²) in [6, 6.07) is 9.51. The molecule has 0 unspecified atom stereocenters. The molecule has 1 aromatic carbocycles. The number of aromatic hydroxyl groups is 1. The van der Waals surface area contributed by atoms with Crippen molar-refractivity contribution in [2.24, 2.45) is 0 Å². The number of benzene rings is 1. The van der Waals surface area contributed by atoms with Gasteiger partial charge in [-0.2, -0.15) is 0 Å². The Bertz CT molecular complexity index is 570. The van der Waals surface area contributed by atoms with Crippen LogP contribution in [0, 0.1) is 13.8 Å². The van der Waals surface area contributed by atoms with E-state index in [0.717, 1.165) is 21.4 Å². The average molecular weight is 307 g/mol. The van der Waals surface area contributed by atoms with Gasteiger partial charge in [0.1, 0.15) is 11.4 Å². The van der Waals surface area contributed by atoms with Gasteiger partial charge in [0.2, 0.25) is 0 Å². The second-order valence-electron chi connectivity index (χ2n) is 4.23. The summed E-state index contributed by atoms with van der Waals surface area (Å²) in [4.78, 5) is 4.31. The number of halogens is 1. The van der Waals surface area contributed by atoms with Crippen molar-refractivity contribution in [1.82, 2.24) is 4.98 Å². The van der Waals surface area contributed by atoms with Crippen LogP contribution < -0.4 is 5.32 Å². The highest BCUT2D eigenvalue weighted by atomic mass is 79.9. The van der Waals surface area contributed by atoms with Crippen LogP contribution in [0.15, 0.2) is 34.8 Å². The quantitative estimate of drug-likeness (QED) is 0.907. The zero-order valence-corrected chi connectivity index (χ0v) is 12.0. The zero-order chi connectivity index (χ0) is 13.1. The standard InChI is InChI=1S/C14H15BrN2O/c1-9-7-11(15)4-5-12(9)16-8-13-14(18)6-3-10(2)17-13/h3-7,16,18H,8H2,1-2H3. The highest BCUT2D eigenvalue weighted by molar-refractivity contribution is 9.10. The van der Waals surface area contributed by atoms with Gasteiger partial charge in [-0.15, -0.1) is 0 Å². The summed E-state index contributed by atoms with van der Waals surface area (Å²) in [6.07, 6.45) is 0.